The molecule has 0 N–H and O–H groups in total. The number of ether oxygens (including phenoxy) is 1. The lowest BCUT2D eigenvalue weighted by molar-refractivity contribution is -0.144. The standard InChI is InChI=1S/C18H25F4N3O2/c1-16(2,3)27-15(26)24-7-5-17(6-8-24)14-12(19)11-13(18(20,21)22)25(14)10-9-23(17)4/h11H,5-10H2,1-4H3. The molecule has 0 aliphatic carbocycles. The number of carbonyl (C=O) groups is 1. The average molecular weight is 391 g/mol. The molecule has 1 spiro atoms. The smallest absolute Gasteiger partial charge is 0.431 e. The van der Waals surface area contributed by atoms with E-state index < -0.39 is 34.9 Å². The van der Waals surface area contributed by atoms with Crippen molar-refractivity contribution in [3.05, 3.63) is 23.3 Å². The molecule has 1 fully saturated rings. The summed E-state index contributed by atoms with van der Waals surface area (Å²) in [5, 5.41) is 0. The number of aromatic nitrogens is 1. The maximum Gasteiger partial charge on any atom is 0.431 e. The minimum absolute atomic E-state index is 0.0763. The molecule has 1 saturated heterocycles. The van der Waals surface area contributed by atoms with Gasteiger partial charge in [-0.05, 0) is 40.7 Å². The van der Waals surface area contributed by atoms with Crippen molar-refractivity contribution in [1.29, 1.82) is 0 Å². The Kier molecular flexibility index (Phi) is 4.73. The van der Waals surface area contributed by atoms with Gasteiger partial charge in [0.2, 0.25) is 0 Å². The molecule has 1 amide bonds. The Morgan fingerprint density at radius 1 is 1.11 bits per heavy atom. The first-order valence-corrected chi connectivity index (χ1v) is 9.01. The first-order valence-electron chi connectivity index (χ1n) is 9.01. The number of piperidine rings is 1. The lowest BCUT2D eigenvalue weighted by Crippen LogP contribution is -2.57. The Labute approximate surface area is 155 Å². The molecule has 0 saturated carbocycles. The highest BCUT2D eigenvalue weighted by atomic mass is 19.4. The van der Waals surface area contributed by atoms with Gasteiger partial charge in [0.25, 0.3) is 0 Å². The number of fused-ring (bicyclic) bond motifs is 2. The number of halogens is 4. The van der Waals surface area contributed by atoms with E-state index in [2.05, 4.69) is 0 Å². The monoisotopic (exact) mass is 391 g/mol. The third-order valence-corrected chi connectivity index (χ3v) is 5.41. The Morgan fingerprint density at radius 2 is 1.70 bits per heavy atom. The molecule has 152 valence electrons. The van der Waals surface area contributed by atoms with Crippen LogP contribution in [-0.2, 0) is 23.0 Å². The molecule has 1 aromatic rings. The van der Waals surface area contributed by atoms with E-state index in [1.54, 1.807) is 27.8 Å². The van der Waals surface area contributed by atoms with Crippen molar-refractivity contribution in [2.45, 2.75) is 57.5 Å². The van der Waals surface area contributed by atoms with E-state index in [0.717, 1.165) is 4.57 Å². The second-order valence-corrected chi connectivity index (χ2v) is 8.30. The Balaban J connectivity index is 1.89. The third kappa shape index (κ3) is 3.53. The topological polar surface area (TPSA) is 37.7 Å². The molecular formula is C18H25F4N3O2. The van der Waals surface area contributed by atoms with E-state index >= 15 is 0 Å². The van der Waals surface area contributed by atoms with Crippen LogP contribution in [0, 0.1) is 5.82 Å². The minimum Gasteiger partial charge on any atom is -0.444 e. The van der Waals surface area contributed by atoms with Crippen LogP contribution in [-0.4, -0.2) is 52.7 Å². The number of alkyl halides is 3. The molecule has 1 aromatic heterocycles. The second-order valence-electron chi connectivity index (χ2n) is 8.30. The van der Waals surface area contributed by atoms with Crippen molar-refractivity contribution in [2.24, 2.45) is 0 Å². The van der Waals surface area contributed by atoms with Crippen LogP contribution in [0.2, 0.25) is 0 Å². The van der Waals surface area contributed by atoms with Crippen LogP contribution in [0.1, 0.15) is 45.0 Å². The van der Waals surface area contributed by atoms with Gasteiger partial charge in [-0.1, -0.05) is 0 Å². The summed E-state index contributed by atoms with van der Waals surface area (Å²) < 4.78 is 61.0. The van der Waals surface area contributed by atoms with Gasteiger partial charge in [-0.2, -0.15) is 13.2 Å². The molecule has 0 bridgehead atoms. The summed E-state index contributed by atoms with van der Waals surface area (Å²) in [6, 6.07) is 0.594. The average Bonchev–Trinajstić information content (AvgIpc) is 2.88. The van der Waals surface area contributed by atoms with E-state index in [-0.39, 0.29) is 12.2 Å². The van der Waals surface area contributed by atoms with Crippen LogP contribution in [0.25, 0.3) is 0 Å². The number of hydrogen-bond acceptors (Lipinski definition) is 3. The summed E-state index contributed by atoms with van der Waals surface area (Å²) in [7, 11) is 1.80. The molecule has 2 aliphatic rings. The molecule has 9 heteroatoms. The predicted molar refractivity (Wildman–Crippen MR) is 90.7 cm³/mol. The fourth-order valence-corrected chi connectivity index (χ4v) is 4.11. The summed E-state index contributed by atoms with van der Waals surface area (Å²) in [5.41, 5.74) is -2.36. The first-order chi connectivity index (χ1) is 12.3. The van der Waals surface area contributed by atoms with E-state index in [1.165, 1.54) is 4.90 Å². The van der Waals surface area contributed by atoms with Crippen LogP contribution < -0.4 is 0 Å². The first kappa shape index (κ1) is 20.0. The van der Waals surface area contributed by atoms with Gasteiger partial charge < -0.3 is 14.2 Å². The zero-order chi connectivity index (χ0) is 20.2. The van der Waals surface area contributed by atoms with E-state index in [4.69, 9.17) is 4.74 Å². The Morgan fingerprint density at radius 3 is 2.22 bits per heavy atom. The molecular weight excluding hydrogens is 366 g/mol. The van der Waals surface area contributed by atoms with Gasteiger partial charge in [-0.3, -0.25) is 4.90 Å². The van der Waals surface area contributed by atoms with Gasteiger partial charge in [0.15, 0.2) is 0 Å². The molecule has 0 aromatic carbocycles. The maximum absolute atomic E-state index is 14.7. The largest absolute Gasteiger partial charge is 0.444 e. The number of hydrogen-bond donors (Lipinski definition) is 0. The van der Waals surface area contributed by atoms with Gasteiger partial charge >= 0.3 is 12.3 Å². The van der Waals surface area contributed by atoms with Crippen LogP contribution in [0.15, 0.2) is 6.07 Å². The molecule has 5 nitrogen and oxygen atoms in total. The van der Waals surface area contributed by atoms with Crippen LogP contribution in [0.5, 0.6) is 0 Å². The van der Waals surface area contributed by atoms with Crippen molar-refractivity contribution in [3.8, 4) is 0 Å². The highest BCUT2D eigenvalue weighted by Crippen LogP contribution is 2.45. The molecule has 0 radical (unpaired) electrons. The third-order valence-electron chi connectivity index (χ3n) is 5.41. The minimum atomic E-state index is -4.60. The van der Waals surface area contributed by atoms with Crippen molar-refractivity contribution in [2.75, 3.05) is 26.7 Å². The van der Waals surface area contributed by atoms with Gasteiger partial charge in [-0.25, -0.2) is 9.18 Å². The summed E-state index contributed by atoms with van der Waals surface area (Å²) >= 11 is 0. The van der Waals surface area contributed by atoms with Crippen molar-refractivity contribution >= 4 is 6.09 Å². The molecule has 3 rings (SSSR count). The van der Waals surface area contributed by atoms with Crippen LogP contribution >= 0.6 is 0 Å². The quantitative estimate of drug-likeness (QED) is 0.631. The van der Waals surface area contributed by atoms with Crippen LogP contribution in [0.4, 0.5) is 22.4 Å². The molecule has 27 heavy (non-hydrogen) atoms. The SMILES string of the molecule is CN1CCn2c(C(F)(F)F)cc(F)c2C12CCN(C(=O)OC(C)(C)C)CC2. The second kappa shape index (κ2) is 6.39. The van der Waals surface area contributed by atoms with Gasteiger partial charge in [0, 0.05) is 32.2 Å². The van der Waals surface area contributed by atoms with E-state index in [9.17, 15) is 22.4 Å². The Hall–Kier alpha value is -1.77. The lowest BCUT2D eigenvalue weighted by atomic mass is 9.81. The van der Waals surface area contributed by atoms with E-state index in [0.29, 0.717) is 38.5 Å². The number of carbonyl (C=O) groups excluding carboxylic acids is 1. The Bertz CT molecular complexity index is 728. The summed E-state index contributed by atoms with van der Waals surface area (Å²) in [6.07, 6.45) is -4.36. The highest BCUT2D eigenvalue weighted by molar-refractivity contribution is 5.68. The van der Waals surface area contributed by atoms with Gasteiger partial charge in [0.1, 0.15) is 17.1 Å². The zero-order valence-electron chi connectivity index (χ0n) is 16.0. The molecule has 2 aliphatic heterocycles. The van der Waals surface area contributed by atoms with Crippen molar-refractivity contribution in [3.63, 3.8) is 0 Å². The van der Waals surface area contributed by atoms with Crippen molar-refractivity contribution in [1.82, 2.24) is 14.4 Å². The number of likely N-dealkylation sites (tertiary alicyclic amines) is 1. The summed E-state index contributed by atoms with van der Waals surface area (Å²) in [5.74, 6) is -0.834. The number of rotatable bonds is 0. The maximum atomic E-state index is 14.7. The molecule has 0 unspecified atom stereocenters. The molecule has 3 heterocycles. The number of likely N-dealkylation sites (N-methyl/N-ethyl adjacent to an activating group) is 1. The van der Waals surface area contributed by atoms with Crippen molar-refractivity contribution < 1.29 is 27.1 Å². The number of nitrogens with zero attached hydrogens (tertiary/aromatic N) is 3. The van der Waals surface area contributed by atoms with Gasteiger partial charge in [0.05, 0.1) is 11.2 Å². The van der Waals surface area contributed by atoms with Crippen LogP contribution in [0.3, 0.4) is 0 Å². The lowest BCUT2D eigenvalue weighted by Gasteiger charge is -2.50. The fourth-order valence-electron chi connectivity index (χ4n) is 4.11. The normalized spacial score (nSPS) is 20.7. The fraction of sp³-hybridized carbons (Fsp3) is 0.722. The summed E-state index contributed by atoms with van der Waals surface area (Å²) in [6.45, 7) is 6.37. The molecule has 0 atom stereocenters. The predicted octanol–water partition coefficient (Wildman–Crippen LogP) is 3.82. The summed E-state index contributed by atoms with van der Waals surface area (Å²) in [4.78, 5) is 15.7. The van der Waals surface area contributed by atoms with E-state index in [1.807, 2.05) is 4.90 Å². The zero-order valence-corrected chi connectivity index (χ0v) is 16.0. The highest BCUT2D eigenvalue weighted by Gasteiger charge is 2.50. The number of amides is 1. The van der Waals surface area contributed by atoms with Gasteiger partial charge in [-0.15, -0.1) is 0 Å².